The van der Waals surface area contributed by atoms with E-state index in [0.29, 0.717) is 0 Å². The number of rotatable bonds is 6. The highest BCUT2D eigenvalue weighted by atomic mass is 32.1. The van der Waals surface area contributed by atoms with E-state index in [2.05, 4.69) is 21.4 Å². The Labute approximate surface area is 166 Å². The van der Waals surface area contributed by atoms with Crippen molar-refractivity contribution in [2.45, 2.75) is 25.8 Å². The molecule has 2 aromatic heterocycles. The number of nitrogens with zero attached hydrogens (tertiary/aromatic N) is 1. The number of para-hydroxylation sites is 1. The highest BCUT2D eigenvalue weighted by molar-refractivity contribution is 7.13. The van der Waals surface area contributed by atoms with Crippen LogP contribution in [-0.4, -0.2) is 21.9 Å². The predicted octanol–water partition coefficient (Wildman–Crippen LogP) is 4.72. The van der Waals surface area contributed by atoms with Crippen molar-refractivity contribution in [2.24, 2.45) is 0 Å². The Morgan fingerprint density at radius 3 is 2.82 bits per heavy atom. The van der Waals surface area contributed by atoms with Crippen LogP contribution in [0.1, 0.15) is 18.2 Å². The number of nitrogens with one attached hydrogen (secondary N) is 2. The molecule has 0 bridgehead atoms. The number of H-pyrrole nitrogens is 1. The van der Waals surface area contributed by atoms with Gasteiger partial charge >= 0.3 is 0 Å². The molecule has 4 nitrogen and oxygen atoms in total. The van der Waals surface area contributed by atoms with E-state index in [1.807, 2.05) is 36.7 Å². The van der Waals surface area contributed by atoms with Gasteiger partial charge in [-0.3, -0.25) is 4.79 Å². The molecule has 0 saturated heterocycles. The Balaban J connectivity index is 1.36. The fraction of sp³-hybridized carbons (Fsp3) is 0.182. The van der Waals surface area contributed by atoms with Gasteiger partial charge in [0.15, 0.2) is 0 Å². The fourth-order valence-electron chi connectivity index (χ4n) is 3.28. The summed E-state index contributed by atoms with van der Waals surface area (Å²) in [5.74, 6) is -0.326. The minimum atomic E-state index is -0.274. The van der Waals surface area contributed by atoms with E-state index < -0.39 is 0 Å². The molecule has 2 aromatic carbocycles. The Bertz CT molecular complexity index is 1100. The zero-order valence-corrected chi connectivity index (χ0v) is 16.2. The zero-order chi connectivity index (χ0) is 19.5. The molecule has 1 amide bonds. The standard InChI is InChI=1S/C22H20FN3OS/c1-14(10-16-12-24-20-5-3-2-4-19(16)20)25-21(27)11-18-13-28-22(26-18)15-6-8-17(23)9-7-15/h2-9,12-14,24H,10-11H2,1H3,(H,25,27). The normalized spacial score (nSPS) is 12.2. The maximum absolute atomic E-state index is 13.1. The third-order valence-corrected chi connectivity index (χ3v) is 5.53. The Morgan fingerprint density at radius 1 is 1.21 bits per heavy atom. The monoisotopic (exact) mass is 393 g/mol. The summed E-state index contributed by atoms with van der Waals surface area (Å²) < 4.78 is 13.1. The number of carbonyl (C=O) groups excluding carboxylic acids is 1. The van der Waals surface area contributed by atoms with E-state index in [1.165, 1.54) is 34.4 Å². The highest BCUT2D eigenvalue weighted by Crippen LogP contribution is 2.24. The van der Waals surface area contributed by atoms with Gasteiger partial charge in [-0.2, -0.15) is 0 Å². The van der Waals surface area contributed by atoms with E-state index in [4.69, 9.17) is 0 Å². The summed E-state index contributed by atoms with van der Waals surface area (Å²) in [6.07, 6.45) is 2.99. The quantitative estimate of drug-likeness (QED) is 0.498. The highest BCUT2D eigenvalue weighted by Gasteiger charge is 2.13. The first-order valence-electron chi connectivity index (χ1n) is 9.13. The van der Waals surface area contributed by atoms with Crippen LogP contribution in [-0.2, 0) is 17.6 Å². The predicted molar refractivity (Wildman–Crippen MR) is 111 cm³/mol. The van der Waals surface area contributed by atoms with Gasteiger partial charge in [0.2, 0.25) is 5.91 Å². The van der Waals surface area contributed by atoms with E-state index in [-0.39, 0.29) is 24.2 Å². The van der Waals surface area contributed by atoms with Crippen LogP contribution in [0.4, 0.5) is 4.39 Å². The molecular weight excluding hydrogens is 373 g/mol. The molecule has 0 fully saturated rings. The van der Waals surface area contributed by atoms with Gasteiger partial charge < -0.3 is 10.3 Å². The van der Waals surface area contributed by atoms with Gasteiger partial charge in [0, 0.05) is 34.1 Å². The van der Waals surface area contributed by atoms with Crippen LogP contribution in [0.2, 0.25) is 0 Å². The van der Waals surface area contributed by atoms with Crippen LogP contribution >= 0.6 is 11.3 Å². The number of hydrogen-bond donors (Lipinski definition) is 2. The molecule has 0 spiro atoms. The second kappa shape index (κ2) is 7.94. The van der Waals surface area contributed by atoms with Crippen LogP contribution < -0.4 is 5.32 Å². The lowest BCUT2D eigenvalue weighted by molar-refractivity contribution is -0.121. The van der Waals surface area contributed by atoms with Crippen molar-refractivity contribution >= 4 is 28.1 Å². The summed E-state index contributed by atoms with van der Waals surface area (Å²) in [4.78, 5) is 20.2. The van der Waals surface area contributed by atoms with Crippen molar-refractivity contribution < 1.29 is 9.18 Å². The molecule has 6 heteroatoms. The van der Waals surface area contributed by atoms with Crippen LogP contribution in [0.5, 0.6) is 0 Å². The van der Waals surface area contributed by atoms with E-state index in [0.717, 1.165) is 28.2 Å². The van der Waals surface area contributed by atoms with E-state index >= 15 is 0 Å². The van der Waals surface area contributed by atoms with Gasteiger partial charge in [-0.15, -0.1) is 11.3 Å². The number of hydrogen-bond acceptors (Lipinski definition) is 3. The van der Waals surface area contributed by atoms with Crippen LogP contribution in [0.3, 0.4) is 0 Å². The van der Waals surface area contributed by atoms with E-state index in [9.17, 15) is 9.18 Å². The van der Waals surface area contributed by atoms with Gasteiger partial charge in [-0.25, -0.2) is 9.37 Å². The van der Waals surface area contributed by atoms with Crippen LogP contribution in [0, 0.1) is 5.82 Å². The topological polar surface area (TPSA) is 57.8 Å². The maximum Gasteiger partial charge on any atom is 0.226 e. The number of thiazole rings is 1. The third kappa shape index (κ3) is 4.12. The lowest BCUT2D eigenvalue weighted by atomic mass is 10.1. The van der Waals surface area contributed by atoms with Gasteiger partial charge in [-0.1, -0.05) is 18.2 Å². The molecule has 2 heterocycles. The smallest absolute Gasteiger partial charge is 0.226 e. The summed E-state index contributed by atoms with van der Waals surface area (Å²) in [6, 6.07) is 14.4. The number of amides is 1. The van der Waals surface area contributed by atoms with Gasteiger partial charge in [0.25, 0.3) is 0 Å². The molecule has 2 N–H and O–H groups in total. The van der Waals surface area contributed by atoms with Crippen molar-refractivity contribution in [1.82, 2.24) is 15.3 Å². The summed E-state index contributed by atoms with van der Waals surface area (Å²) in [5, 5.41) is 6.90. The second-order valence-corrected chi connectivity index (χ2v) is 7.72. The van der Waals surface area contributed by atoms with Crippen molar-refractivity contribution in [2.75, 3.05) is 0 Å². The van der Waals surface area contributed by atoms with Crippen LogP contribution in [0.25, 0.3) is 21.5 Å². The molecule has 1 unspecified atom stereocenters. The number of carbonyl (C=O) groups is 1. The molecular formula is C22H20FN3OS. The first-order valence-corrected chi connectivity index (χ1v) is 10.0. The summed E-state index contributed by atoms with van der Waals surface area (Å²) in [7, 11) is 0. The van der Waals surface area contributed by atoms with Gasteiger partial charge in [-0.05, 0) is 49.2 Å². The molecule has 0 aliphatic carbocycles. The second-order valence-electron chi connectivity index (χ2n) is 6.86. The van der Waals surface area contributed by atoms with Gasteiger partial charge in [0.05, 0.1) is 12.1 Å². The Morgan fingerprint density at radius 2 is 2.00 bits per heavy atom. The average Bonchev–Trinajstić information content (AvgIpc) is 3.30. The molecule has 142 valence electrons. The molecule has 4 rings (SSSR count). The lowest BCUT2D eigenvalue weighted by Gasteiger charge is -2.13. The molecule has 0 aliphatic heterocycles. The Hall–Kier alpha value is -2.99. The number of fused-ring (bicyclic) bond motifs is 1. The van der Waals surface area contributed by atoms with Crippen molar-refractivity contribution in [1.29, 1.82) is 0 Å². The summed E-state index contributed by atoms with van der Waals surface area (Å²) >= 11 is 1.46. The number of halogens is 1. The molecule has 4 aromatic rings. The summed E-state index contributed by atoms with van der Waals surface area (Å²) in [5.41, 5.74) is 3.87. The lowest BCUT2D eigenvalue weighted by Crippen LogP contribution is -2.35. The first kappa shape index (κ1) is 18.4. The zero-order valence-electron chi connectivity index (χ0n) is 15.4. The summed E-state index contributed by atoms with van der Waals surface area (Å²) in [6.45, 7) is 2.00. The fourth-order valence-corrected chi connectivity index (χ4v) is 4.11. The SMILES string of the molecule is CC(Cc1c[nH]c2ccccc12)NC(=O)Cc1csc(-c2ccc(F)cc2)n1. The van der Waals surface area contributed by atoms with E-state index in [1.54, 1.807) is 12.1 Å². The average molecular weight is 393 g/mol. The molecule has 1 atom stereocenters. The first-order chi connectivity index (χ1) is 13.6. The molecule has 0 saturated carbocycles. The van der Waals surface area contributed by atoms with Crippen molar-refractivity contribution in [3.05, 3.63) is 77.2 Å². The molecule has 0 radical (unpaired) electrons. The third-order valence-electron chi connectivity index (χ3n) is 4.59. The number of aromatic nitrogens is 2. The maximum atomic E-state index is 13.1. The van der Waals surface area contributed by atoms with Crippen molar-refractivity contribution in [3.63, 3.8) is 0 Å². The van der Waals surface area contributed by atoms with Gasteiger partial charge in [0.1, 0.15) is 10.8 Å². The minimum absolute atomic E-state index is 0.0157. The van der Waals surface area contributed by atoms with Crippen molar-refractivity contribution in [3.8, 4) is 10.6 Å². The van der Waals surface area contributed by atoms with Crippen LogP contribution in [0.15, 0.2) is 60.1 Å². The Kier molecular flexibility index (Phi) is 5.21. The number of benzene rings is 2. The molecule has 0 aliphatic rings. The largest absolute Gasteiger partial charge is 0.361 e. The number of aromatic amines is 1. The molecule has 28 heavy (non-hydrogen) atoms. The minimum Gasteiger partial charge on any atom is -0.361 e.